The van der Waals surface area contributed by atoms with Gasteiger partial charge in [0.25, 0.3) is 0 Å². The molecular formula is C15H22N2O4. The predicted molar refractivity (Wildman–Crippen MR) is 79.7 cm³/mol. The summed E-state index contributed by atoms with van der Waals surface area (Å²) in [7, 11) is 1.41. The summed E-state index contributed by atoms with van der Waals surface area (Å²) < 4.78 is 11.0. The second-order valence-corrected chi connectivity index (χ2v) is 5.48. The van der Waals surface area contributed by atoms with Gasteiger partial charge >= 0.3 is 5.69 Å². The Labute approximate surface area is 124 Å². The molecule has 21 heavy (non-hydrogen) atoms. The molecule has 1 aliphatic rings. The third-order valence-electron chi connectivity index (χ3n) is 4.79. The maximum atomic E-state index is 11.0. The normalized spacial score (nSPS) is 23.2. The first-order chi connectivity index (χ1) is 9.98. The van der Waals surface area contributed by atoms with E-state index in [4.69, 9.17) is 15.2 Å². The van der Waals surface area contributed by atoms with E-state index in [0.29, 0.717) is 5.75 Å². The van der Waals surface area contributed by atoms with E-state index in [1.54, 1.807) is 12.1 Å². The van der Waals surface area contributed by atoms with Gasteiger partial charge in [0.15, 0.2) is 5.75 Å². The van der Waals surface area contributed by atoms with Crippen LogP contribution in [0.5, 0.6) is 11.5 Å². The van der Waals surface area contributed by atoms with Gasteiger partial charge in [-0.25, -0.2) is 0 Å². The summed E-state index contributed by atoms with van der Waals surface area (Å²) in [5, 5.41) is 11.0. The van der Waals surface area contributed by atoms with Gasteiger partial charge < -0.3 is 15.2 Å². The number of ether oxygens (including phenoxy) is 2. The topological polar surface area (TPSA) is 87.6 Å². The van der Waals surface area contributed by atoms with Gasteiger partial charge in [0.2, 0.25) is 0 Å². The molecule has 0 aliphatic heterocycles. The minimum absolute atomic E-state index is 0.00972. The van der Waals surface area contributed by atoms with Crippen molar-refractivity contribution in [2.24, 2.45) is 11.1 Å². The van der Waals surface area contributed by atoms with Crippen molar-refractivity contribution in [1.82, 2.24) is 0 Å². The number of methoxy groups -OCH3 is 1. The summed E-state index contributed by atoms with van der Waals surface area (Å²) in [6.07, 6.45) is 2.67. The molecule has 116 valence electrons. The van der Waals surface area contributed by atoms with Crippen molar-refractivity contribution in [1.29, 1.82) is 0 Å². The Balaban J connectivity index is 2.21. The average Bonchev–Trinajstić information content (AvgIpc) is 2.48. The Morgan fingerprint density at radius 3 is 2.57 bits per heavy atom. The largest absolute Gasteiger partial charge is 0.490 e. The molecule has 0 bridgehead atoms. The molecular weight excluding hydrogens is 272 g/mol. The van der Waals surface area contributed by atoms with E-state index in [2.05, 4.69) is 13.8 Å². The maximum absolute atomic E-state index is 11.0. The molecule has 0 heterocycles. The number of nitro benzene ring substituents is 1. The molecule has 1 aromatic carbocycles. The zero-order valence-corrected chi connectivity index (χ0v) is 12.7. The molecule has 0 saturated heterocycles. The molecule has 1 aliphatic carbocycles. The average molecular weight is 294 g/mol. The zero-order chi connectivity index (χ0) is 15.6. The van der Waals surface area contributed by atoms with Gasteiger partial charge in [-0.3, -0.25) is 10.1 Å². The van der Waals surface area contributed by atoms with E-state index >= 15 is 0 Å². The van der Waals surface area contributed by atoms with Gasteiger partial charge in [0.05, 0.1) is 18.1 Å². The Hall–Kier alpha value is -1.82. The van der Waals surface area contributed by atoms with Crippen molar-refractivity contribution in [3.63, 3.8) is 0 Å². The van der Waals surface area contributed by atoms with Crippen molar-refractivity contribution >= 4 is 5.69 Å². The summed E-state index contributed by atoms with van der Waals surface area (Å²) in [5.74, 6) is 0.723. The highest BCUT2D eigenvalue weighted by Gasteiger charge is 2.52. The number of nitro groups is 1. The van der Waals surface area contributed by atoms with E-state index < -0.39 is 4.92 Å². The van der Waals surface area contributed by atoms with Crippen molar-refractivity contribution in [2.75, 3.05) is 7.11 Å². The van der Waals surface area contributed by atoms with Crippen molar-refractivity contribution in [3.05, 3.63) is 28.3 Å². The molecule has 0 spiro atoms. The summed E-state index contributed by atoms with van der Waals surface area (Å²) in [4.78, 5) is 10.6. The molecule has 2 N–H and O–H groups in total. The highest BCUT2D eigenvalue weighted by atomic mass is 16.6. The van der Waals surface area contributed by atoms with E-state index in [0.717, 1.165) is 19.3 Å². The molecule has 6 heteroatoms. The van der Waals surface area contributed by atoms with E-state index in [-0.39, 0.29) is 29.0 Å². The van der Waals surface area contributed by atoms with Crippen LogP contribution in [0.15, 0.2) is 18.2 Å². The second kappa shape index (κ2) is 5.89. The lowest BCUT2D eigenvalue weighted by Crippen LogP contribution is -2.62. The standard InChI is InChI=1S/C15H22N2O4/c1-4-15(5-2)13(16)9-14(15)21-10-6-7-12(20-3)11(8-10)17(18)19/h6-8,13-14H,4-5,9,16H2,1-3H3. The van der Waals surface area contributed by atoms with Gasteiger partial charge in [-0.05, 0) is 25.0 Å². The molecule has 0 amide bonds. The number of nitrogens with zero attached hydrogens (tertiary/aromatic N) is 1. The molecule has 0 radical (unpaired) electrons. The Bertz CT molecular complexity index is 528. The molecule has 1 fully saturated rings. The van der Waals surface area contributed by atoms with Crippen LogP contribution in [0, 0.1) is 15.5 Å². The summed E-state index contributed by atoms with van der Waals surface area (Å²) in [6.45, 7) is 4.21. The van der Waals surface area contributed by atoms with Crippen molar-refractivity contribution in [2.45, 2.75) is 45.3 Å². The first kappa shape index (κ1) is 15.6. The van der Waals surface area contributed by atoms with Gasteiger partial charge in [-0.2, -0.15) is 0 Å². The summed E-state index contributed by atoms with van der Waals surface area (Å²) in [6, 6.07) is 4.81. The summed E-state index contributed by atoms with van der Waals surface area (Å²) >= 11 is 0. The molecule has 1 aromatic rings. The quantitative estimate of drug-likeness (QED) is 0.644. The Kier molecular flexibility index (Phi) is 4.37. The van der Waals surface area contributed by atoms with Gasteiger partial charge in [0, 0.05) is 17.9 Å². The van der Waals surface area contributed by atoms with Crippen LogP contribution in [0.4, 0.5) is 5.69 Å². The first-order valence-electron chi connectivity index (χ1n) is 7.23. The highest BCUT2D eigenvalue weighted by molar-refractivity contribution is 5.51. The lowest BCUT2D eigenvalue weighted by molar-refractivity contribution is -0.385. The molecule has 2 rings (SSSR count). The first-order valence-corrected chi connectivity index (χ1v) is 7.23. The van der Waals surface area contributed by atoms with Crippen LogP contribution in [-0.2, 0) is 0 Å². The van der Waals surface area contributed by atoms with Crippen LogP contribution in [0.3, 0.4) is 0 Å². The third kappa shape index (κ3) is 2.55. The van der Waals surface area contributed by atoms with Crippen molar-refractivity contribution in [3.8, 4) is 11.5 Å². The van der Waals surface area contributed by atoms with Gasteiger partial charge in [0.1, 0.15) is 11.9 Å². The van der Waals surface area contributed by atoms with Crippen LogP contribution in [-0.4, -0.2) is 24.2 Å². The van der Waals surface area contributed by atoms with E-state index in [9.17, 15) is 10.1 Å². The molecule has 2 atom stereocenters. The zero-order valence-electron chi connectivity index (χ0n) is 12.7. The minimum Gasteiger partial charge on any atom is -0.490 e. The fourth-order valence-corrected chi connectivity index (χ4v) is 3.22. The minimum atomic E-state index is -0.467. The predicted octanol–water partition coefficient (Wildman–Crippen LogP) is 2.89. The molecule has 1 saturated carbocycles. The number of nitrogens with two attached hydrogens (primary N) is 1. The third-order valence-corrected chi connectivity index (χ3v) is 4.79. The van der Waals surface area contributed by atoms with E-state index in [1.165, 1.54) is 13.2 Å². The van der Waals surface area contributed by atoms with Gasteiger partial charge in [-0.15, -0.1) is 0 Å². The van der Waals surface area contributed by atoms with Crippen LogP contribution < -0.4 is 15.2 Å². The maximum Gasteiger partial charge on any atom is 0.314 e. The smallest absolute Gasteiger partial charge is 0.314 e. The van der Waals surface area contributed by atoms with Crippen LogP contribution in [0.2, 0.25) is 0 Å². The number of hydrogen-bond acceptors (Lipinski definition) is 5. The SMILES string of the molecule is CCC1(CC)C(N)CC1Oc1ccc(OC)c([N+](=O)[O-])c1. The Morgan fingerprint density at radius 1 is 1.43 bits per heavy atom. The van der Waals surface area contributed by atoms with Crippen LogP contribution in [0.1, 0.15) is 33.1 Å². The number of hydrogen-bond donors (Lipinski definition) is 1. The molecule has 2 unspecified atom stereocenters. The van der Waals surface area contributed by atoms with E-state index in [1.807, 2.05) is 0 Å². The summed E-state index contributed by atoms with van der Waals surface area (Å²) in [5.41, 5.74) is 6.02. The van der Waals surface area contributed by atoms with Gasteiger partial charge in [-0.1, -0.05) is 13.8 Å². The molecule has 0 aromatic heterocycles. The highest BCUT2D eigenvalue weighted by Crippen LogP contribution is 2.48. The lowest BCUT2D eigenvalue weighted by Gasteiger charge is -2.53. The van der Waals surface area contributed by atoms with Crippen LogP contribution in [0.25, 0.3) is 0 Å². The van der Waals surface area contributed by atoms with Crippen molar-refractivity contribution < 1.29 is 14.4 Å². The second-order valence-electron chi connectivity index (χ2n) is 5.48. The van der Waals surface area contributed by atoms with Crippen LogP contribution >= 0.6 is 0 Å². The number of benzene rings is 1. The monoisotopic (exact) mass is 294 g/mol. The number of rotatable bonds is 6. The fraction of sp³-hybridized carbons (Fsp3) is 0.600. The lowest BCUT2D eigenvalue weighted by atomic mass is 9.59. The molecule has 6 nitrogen and oxygen atoms in total. The fourth-order valence-electron chi connectivity index (χ4n) is 3.22. The Morgan fingerprint density at radius 2 is 2.10 bits per heavy atom.